The Balaban J connectivity index is 1.19. The first kappa shape index (κ1) is 18.5. The highest BCUT2D eigenvalue weighted by atomic mass is 16.5. The molecule has 0 radical (unpaired) electrons. The Hall–Kier alpha value is -2.48. The number of hydrogen-bond donors (Lipinski definition) is 1. The molecule has 1 N–H and O–H groups in total. The number of hydrogen-bond acceptors (Lipinski definition) is 6. The molecule has 5 rings (SSSR count). The molecule has 2 saturated heterocycles. The lowest BCUT2D eigenvalue weighted by Gasteiger charge is -2.35. The van der Waals surface area contributed by atoms with E-state index in [4.69, 9.17) is 9.72 Å². The number of H-pyrrole nitrogens is 1. The number of nitrogens with one attached hydrogen (secondary N) is 1. The molecule has 0 bridgehead atoms. The summed E-state index contributed by atoms with van der Waals surface area (Å²) in [6.45, 7) is 4.85. The van der Waals surface area contributed by atoms with Crippen LogP contribution in [-0.2, 0) is 22.4 Å². The summed E-state index contributed by atoms with van der Waals surface area (Å²) in [4.78, 5) is 26.8. The van der Waals surface area contributed by atoms with Gasteiger partial charge >= 0.3 is 0 Å². The van der Waals surface area contributed by atoms with Crippen molar-refractivity contribution in [3.8, 4) is 0 Å². The van der Waals surface area contributed by atoms with E-state index in [0.29, 0.717) is 11.8 Å². The second kappa shape index (κ2) is 8.10. The van der Waals surface area contributed by atoms with E-state index in [0.717, 1.165) is 83.1 Å². The van der Waals surface area contributed by atoms with Gasteiger partial charge in [0.1, 0.15) is 11.6 Å². The molecule has 4 heterocycles. The average Bonchev–Trinajstić information content (AvgIpc) is 3.27. The van der Waals surface area contributed by atoms with Gasteiger partial charge in [0.25, 0.3) is 0 Å². The van der Waals surface area contributed by atoms with Gasteiger partial charge in [-0.05, 0) is 43.7 Å². The van der Waals surface area contributed by atoms with Crippen LogP contribution in [-0.4, -0.2) is 70.4 Å². The van der Waals surface area contributed by atoms with E-state index in [1.54, 1.807) is 0 Å². The number of ether oxygens (including phenoxy) is 1. The normalized spacial score (nSPS) is 23.1. The monoisotopic (exact) mass is 396 g/mol. The first-order chi connectivity index (χ1) is 14.3. The number of fused-ring (bicyclic) bond motifs is 1. The zero-order valence-corrected chi connectivity index (χ0v) is 16.7. The molecule has 2 fully saturated rings. The van der Waals surface area contributed by atoms with Crippen molar-refractivity contribution in [2.24, 2.45) is 5.92 Å². The summed E-state index contributed by atoms with van der Waals surface area (Å²) in [5.41, 5.74) is 2.41. The standard InChI is InChI=1S/C21H28N6O2/c28-21(16-1-2-18-17(13-16)14-23-25-18)27-7-4-15(5-8-27)20-22-6-3-19(24-20)26-9-11-29-12-10-26/h3,6,14-16H,1-2,4-5,7-13H2,(H,23,25). The molecule has 1 unspecified atom stereocenters. The SMILES string of the molecule is O=C(C1CCc2[nH]ncc2C1)N1CCC(c2nccc(N3CCOCC3)n2)CC1. The van der Waals surface area contributed by atoms with Crippen LogP contribution in [0.4, 0.5) is 5.82 Å². The third-order valence-corrected chi connectivity index (χ3v) is 6.53. The molecule has 8 nitrogen and oxygen atoms in total. The molecule has 1 atom stereocenters. The van der Waals surface area contributed by atoms with Crippen molar-refractivity contribution < 1.29 is 9.53 Å². The maximum atomic E-state index is 13.0. The van der Waals surface area contributed by atoms with Crippen LogP contribution >= 0.6 is 0 Å². The summed E-state index contributed by atoms with van der Waals surface area (Å²) < 4.78 is 5.44. The van der Waals surface area contributed by atoms with Gasteiger partial charge in [-0.25, -0.2) is 9.97 Å². The third-order valence-electron chi connectivity index (χ3n) is 6.53. The summed E-state index contributed by atoms with van der Waals surface area (Å²) >= 11 is 0. The lowest BCUT2D eigenvalue weighted by atomic mass is 9.86. The van der Waals surface area contributed by atoms with Crippen molar-refractivity contribution in [1.29, 1.82) is 0 Å². The Morgan fingerprint density at radius 2 is 1.97 bits per heavy atom. The molecular formula is C21H28N6O2. The Labute approximate surface area is 170 Å². The number of carbonyl (C=O) groups excluding carboxylic acids is 1. The van der Waals surface area contributed by atoms with Crippen LogP contribution in [0.1, 0.15) is 42.3 Å². The Morgan fingerprint density at radius 1 is 1.14 bits per heavy atom. The average molecular weight is 396 g/mol. The van der Waals surface area contributed by atoms with Gasteiger partial charge in [-0.1, -0.05) is 0 Å². The number of nitrogens with zero attached hydrogens (tertiary/aromatic N) is 5. The number of carbonyl (C=O) groups is 1. The first-order valence-corrected chi connectivity index (χ1v) is 10.7. The number of piperidine rings is 1. The van der Waals surface area contributed by atoms with Crippen molar-refractivity contribution in [3.05, 3.63) is 35.5 Å². The summed E-state index contributed by atoms with van der Waals surface area (Å²) in [5.74, 6) is 2.64. The molecule has 3 aliphatic rings. The fraction of sp³-hybridized carbons (Fsp3) is 0.619. The van der Waals surface area contributed by atoms with Gasteiger partial charge < -0.3 is 14.5 Å². The van der Waals surface area contributed by atoms with E-state index in [1.165, 1.54) is 11.3 Å². The highest BCUT2D eigenvalue weighted by Crippen LogP contribution is 2.30. The lowest BCUT2D eigenvalue weighted by molar-refractivity contribution is -0.137. The number of anilines is 1. The summed E-state index contributed by atoms with van der Waals surface area (Å²) in [7, 11) is 0. The molecular weight excluding hydrogens is 368 g/mol. The second-order valence-electron chi connectivity index (χ2n) is 8.29. The second-order valence-corrected chi connectivity index (χ2v) is 8.29. The van der Waals surface area contributed by atoms with Crippen LogP contribution in [0.15, 0.2) is 18.5 Å². The molecule has 8 heteroatoms. The highest BCUT2D eigenvalue weighted by Gasteiger charge is 2.32. The van der Waals surface area contributed by atoms with Crippen molar-refractivity contribution in [2.45, 2.75) is 38.0 Å². The maximum absolute atomic E-state index is 13.0. The highest BCUT2D eigenvalue weighted by molar-refractivity contribution is 5.79. The molecule has 2 aromatic heterocycles. The van der Waals surface area contributed by atoms with Gasteiger partial charge in [-0.3, -0.25) is 9.89 Å². The number of amides is 1. The van der Waals surface area contributed by atoms with E-state index >= 15 is 0 Å². The quantitative estimate of drug-likeness (QED) is 0.847. The molecule has 2 aliphatic heterocycles. The minimum Gasteiger partial charge on any atom is -0.378 e. The van der Waals surface area contributed by atoms with Crippen LogP contribution in [0.5, 0.6) is 0 Å². The van der Waals surface area contributed by atoms with Gasteiger partial charge in [0.2, 0.25) is 5.91 Å². The van der Waals surface area contributed by atoms with Crippen molar-refractivity contribution >= 4 is 11.7 Å². The number of likely N-dealkylation sites (tertiary alicyclic amines) is 1. The predicted molar refractivity (Wildman–Crippen MR) is 108 cm³/mol. The lowest BCUT2D eigenvalue weighted by Crippen LogP contribution is -2.43. The number of aromatic nitrogens is 4. The summed E-state index contributed by atoms with van der Waals surface area (Å²) in [6.07, 6.45) is 8.26. The van der Waals surface area contributed by atoms with Crippen molar-refractivity contribution in [2.75, 3.05) is 44.3 Å². The van der Waals surface area contributed by atoms with Crippen LogP contribution in [0.3, 0.4) is 0 Å². The Bertz CT molecular complexity index is 854. The molecule has 0 spiro atoms. The first-order valence-electron chi connectivity index (χ1n) is 10.7. The van der Waals surface area contributed by atoms with Crippen molar-refractivity contribution in [1.82, 2.24) is 25.1 Å². The summed E-state index contributed by atoms with van der Waals surface area (Å²) in [5, 5.41) is 7.17. The zero-order valence-electron chi connectivity index (χ0n) is 16.7. The smallest absolute Gasteiger partial charge is 0.226 e. The fourth-order valence-corrected chi connectivity index (χ4v) is 4.77. The molecule has 154 valence electrons. The predicted octanol–water partition coefficient (Wildman–Crippen LogP) is 1.55. The van der Waals surface area contributed by atoms with Gasteiger partial charge in [0.05, 0.1) is 19.4 Å². The Kier molecular flexibility index (Phi) is 5.18. The van der Waals surface area contributed by atoms with E-state index in [-0.39, 0.29) is 5.92 Å². The van der Waals surface area contributed by atoms with E-state index in [9.17, 15) is 4.79 Å². The molecule has 1 aliphatic carbocycles. The van der Waals surface area contributed by atoms with Crippen molar-refractivity contribution in [3.63, 3.8) is 0 Å². The third kappa shape index (κ3) is 3.85. The molecule has 0 aromatic carbocycles. The summed E-state index contributed by atoms with van der Waals surface area (Å²) in [6, 6.07) is 1.99. The van der Waals surface area contributed by atoms with Crippen LogP contribution in [0.2, 0.25) is 0 Å². The minimum atomic E-state index is 0.0950. The topological polar surface area (TPSA) is 87.2 Å². The molecule has 0 saturated carbocycles. The molecule has 1 amide bonds. The van der Waals surface area contributed by atoms with E-state index in [1.807, 2.05) is 18.5 Å². The van der Waals surface area contributed by atoms with Gasteiger partial charge in [-0.2, -0.15) is 5.10 Å². The number of aryl methyl sites for hydroxylation is 1. The van der Waals surface area contributed by atoms with Crippen LogP contribution in [0, 0.1) is 5.92 Å². The van der Waals surface area contributed by atoms with Crippen LogP contribution < -0.4 is 4.90 Å². The maximum Gasteiger partial charge on any atom is 0.226 e. The van der Waals surface area contributed by atoms with Gasteiger partial charge in [0, 0.05) is 49.9 Å². The van der Waals surface area contributed by atoms with E-state index < -0.39 is 0 Å². The Morgan fingerprint density at radius 3 is 2.79 bits per heavy atom. The number of aromatic amines is 1. The minimum absolute atomic E-state index is 0.0950. The van der Waals surface area contributed by atoms with E-state index in [2.05, 4.69) is 25.0 Å². The largest absolute Gasteiger partial charge is 0.378 e. The zero-order chi connectivity index (χ0) is 19.6. The molecule has 29 heavy (non-hydrogen) atoms. The van der Waals surface area contributed by atoms with Gasteiger partial charge in [0.15, 0.2) is 0 Å². The van der Waals surface area contributed by atoms with Gasteiger partial charge in [-0.15, -0.1) is 0 Å². The number of rotatable bonds is 3. The molecule has 2 aromatic rings. The number of morpholine rings is 1. The van der Waals surface area contributed by atoms with Crippen LogP contribution in [0.25, 0.3) is 0 Å². The fourth-order valence-electron chi connectivity index (χ4n) is 4.77.